The van der Waals surface area contributed by atoms with E-state index < -0.39 is 0 Å². The van der Waals surface area contributed by atoms with Gasteiger partial charge in [0.1, 0.15) is 0 Å². The number of nitrogens with zero attached hydrogens (tertiary/aromatic N) is 4. The summed E-state index contributed by atoms with van der Waals surface area (Å²) in [5, 5.41) is 5.06. The molecule has 0 saturated heterocycles. The molecule has 4 heteroatoms. The average molecular weight is 615 g/mol. The van der Waals surface area contributed by atoms with Crippen molar-refractivity contribution in [3.8, 4) is 11.4 Å². The average Bonchev–Trinajstić information content (AvgIpc) is 3.67. The Labute approximate surface area is 278 Å². The highest BCUT2D eigenvalue weighted by Crippen LogP contribution is 2.33. The van der Waals surface area contributed by atoms with Crippen molar-refractivity contribution < 1.29 is 0 Å². The molecule has 2 aromatic heterocycles. The number of benzene rings is 7. The van der Waals surface area contributed by atoms with E-state index in [0.29, 0.717) is 0 Å². The summed E-state index contributed by atoms with van der Waals surface area (Å²) in [6.07, 6.45) is 3.82. The second-order valence-corrected chi connectivity index (χ2v) is 12.0. The number of fused-ring (bicyclic) bond motifs is 6. The summed E-state index contributed by atoms with van der Waals surface area (Å²) < 4.78 is 4.65. The van der Waals surface area contributed by atoms with Crippen LogP contribution in [0, 0.1) is 0 Å². The summed E-state index contributed by atoms with van der Waals surface area (Å²) in [7, 11) is 0. The predicted octanol–water partition coefficient (Wildman–Crippen LogP) is 11.4. The smallest absolute Gasteiger partial charge is 0.0631 e. The van der Waals surface area contributed by atoms with Crippen LogP contribution in [0.3, 0.4) is 0 Å². The highest BCUT2D eigenvalue weighted by atomic mass is 15.0. The second kappa shape index (κ2) is 11.7. The molecule has 0 aliphatic heterocycles. The maximum absolute atomic E-state index is 4.72. The van der Waals surface area contributed by atoms with Gasteiger partial charge in [0.15, 0.2) is 0 Å². The highest BCUT2D eigenvalue weighted by molar-refractivity contribution is 6.10. The van der Waals surface area contributed by atoms with Gasteiger partial charge in [0.25, 0.3) is 0 Å². The number of aromatic nitrogens is 2. The Kier molecular flexibility index (Phi) is 6.76. The van der Waals surface area contributed by atoms with Gasteiger partial charge in [0.05, 0.1) is 33.4 Å². The summed E-state index contributed by atoms with van der Waals surface area (Å²) >= 11 is 0. The minimum atomic E-state index is 0.885. The number of aliphatic imine (C=N–C) groups is 2. The SMILES string of the molecule is C(=Nc1ccc(N=Cc2ccc(-n3c4ccccc4c4ccccc43)cc2)cc1)c1ccc(-n2c3ccccc3c3ccccc32)cc1. The number of para-hydroxylation sites is 4. The first-order valence-electron chi connectivity index (χ1n) is 16.2. The quantitative estimate of drug-likeness (QED) is 0.167. The van der Waals surface area contributed by atoms with Crippen LogP contribution in [0.15, 0.2) is 180 Å². The molecule has 0 atom stereocenters. The van der Waals surface area contributed by atoms with Crippen LogP contribution in [0.5, 0.6) is 0 Å². The normalized spacial score (nSPS) is 12.0. The highest BCUT2D eigenvalue weighted by Gasteiger charge is 2.12. The number of rotatable bonds is 6. The predicted molar refractivity (Wildman–Crippen MR) is 203 cm³/mol. The van der Waals surface area contributed by atoms with Crippen molar-refractivity contribution in [3.05, 3.63) is 181 Å². The lowest BCUT2D eigenvalue weighted by Gasteiger charge is -2.08. The van der Waals surface area contributed by atoms with Gasteiger partial charge in [-0.1, -0.05) is 97.1 Å². The van der Waals surface area contributed by atoms with Crippen LogP contribution in [0.4, 0.5) is 11.4 Å². The van der Waals surface area contributed by atoms with E-state index in [0.717, 1.165) is 33.9 Å². The van der Waals surface area contributed by atoms with E-state index in [1.165, 1.54) is 43.6 Å². The van der Waals surface area contributed by atoms with Crippen molar-refractivity contribution in [2.75, 3.05) is 0 Å². The van der Waals surface area contributed by atoms with Gasteiger partial charge in [-0.2, -0.15) is 0 Å². The maximum atomic E-state index is 4.72. The van der Waals surface area contributed by atoms with E-state index in [9.17, 15) is 0 Å². The Hall–Kier alpha value is -6.52. The molecule has 0 fully saturated rings. The fraction of sp³-hybridized carbons (Fsp3) is 0. The molecular weight excluding hydrogens is 585 g/mol. The number of hydrogen-bond acceptors (Lipinski definition) is 2. The summed E-state index contributed by atoms with van der Waals surface area (Å²) in [6, 6.07) is 59.4. The lowest BCUT2D eigenvalue weighted by atomic mass is 10.2. The molecule has 48 heavy (non-hydrogen) atoms. The molecule has 7 aromatic carbocycles. The molecule has 9 aromatic rings. The summed E-state index contributed by atoms with van der Waals surface area (Å²) in [5.41, 5.74) is 11.0. The topological polar surface area (TPSA) is 34.6 Å². The van der Waals surface area contributed by atoms with Gasteiger partial charge >= 0.3 is 0 Å². The Morgan fingerprint density at radius 1 is 0.312 bits per heavy atom. The van der Waals surface area contributed by atoms with Gasteiger partial charge in [-0.15, -0.1) is 0 Å². The molecule has 0 amide bonds. The largest absolute Gasteiger partial charge is 0.309 e. The fourth-order valence-electron chi connectivity index (χ4n) is 6.74. The molecule has 0 unspecified atom stereocenters. The van der Waals surface area contributed by atoms with Crippen LogP contribution < -0.4 is 0 Å². The van der Waals surface area contributed by atoms with Crippen LogP contribution in [0.1, 0.15) is 11.1 Å². The van der Waals surface area contributed by atoms with Gasteiger partial charge in [-0.25, -0.2) is 0 Å². The Bertz CT molecular complexity index is 2340. The van der Waals surface area contributed by atoms with Crippen LogP contribution >= 0.6 is 0 Å². The third-order valence-electron chi connectivity index (χ3n) is 9.04. The third kappa shape index (κ3) is 4.88. The van der Waals surface area contributed by atoms with Crippen molar-refractivity contribution in [1.82, 2.24) is 9.13 Å². The molecule has 0 saturated carbocycles. The molecule has 0 aliphatic rings. The Morgan fingerprint density at radius 3 is 0.917 bits per heavy atom. The monoisotopic (exact) mass is 614 g/mol. The molecule has 0 N–H and O–H groups in total. The zero-order valence-corrected chi connectivity index (χ0v) is 26.1. The summed E-state index contributed by atoms with van der Waals surface area (Å²) in [6.45, 7) is 0. The Balaban J connectivity index is 0.902. The van der Waals surface area contributed by atoms with Crippen LogP contribution in [-0.2, 0) is 0 Å². The van der Waals surface area contributed by atoms with E-state index >= 15 is 0 Å². The van der Waals surface area contributed by atoms with Gasteiger partial charge in [0.2, 0.25) is 0 Å². The second-order valence-electron chi connectivity index (χ2n) is 12.0. The fourth-order valence-corrected chi connectivity index (χ4v) is 6.74. The number of hydrogen-bond donors (Lipinski definition) is 0. The molecular formula is C44H30N4. The zero-order chi connectivity index (χ0) is 31.9. The summed E-state index contributed by atoms with van der Waals surface area (Å²) in [4.78, 5) is 9.44. The molecule has 0 bridgehead atoms. The van der Waals surface area contributed by atoms with Crippen LogP contribution in [0.2, 0.25) is 0 Å². The van der Waals surface area contributed by atoms with Crippen LogP contribution in [0.25, 0.3) is 55.0 Å². The van der Waals surface area contributed by atoms with E-state index in [-0.39, 0.29) is 0 Å². The van der Waals surface area contributed by atoms with Gasteiger partial charge < -0.3 is 9.13 Å². The van der Waals surface area contributed by atoms with Crippen LogP contribution in [-0.4, -0.2) is 21.6 Å². The zero-order valence-electron chi connectivity index (χ0n) is 26.1. The van der Waals surface area contributed by atoms with E-state index in [1.807, 2.05) is 36.7 Å². The van der Waals surface area contributed by atoms with Gasteiger partial charge in [-0.05, 0) is 83.9 Å². The molecule has 0 spiro atoms. The third-order valence-corrected chi connectivity index (χ3v) is 9.04. The van der Waals surface area contributed by atoms with Crippen molar-refractivity contribution in [3.63, 3.8) is 0 Å². The Morgan fingerprint density at radius 2 is 0.604 bits per heavy atom. The van der Waals surface area contributed by atoms with Gasteiger partial charge in [-0.3, -0.25) is 9.98 Å². The maximum Gasteiger partial charge on any atom is 0.0631 e. The van der Waals surface area contributed by atoms with E-state index in [2.05, 4.69) is 155 Å². The van der Waals surface area contributed by atoms with E-state index in [1.54, 1.807) is 0 Å². The first-order valence-corrected chi connectivity index (χ1v) is 16.2. The van der Waals surface area contributed by atoms with Gasteiger partial charge in [0, 0.05) is 45.3 Å². The molecule has 0 aliphatic carbocycles. The van der Waals surface area contributed by atoms with Crippen molar-refractivity contribution in [2.45, 2.75) is 0 Å². The lowest BCUT2D eigenvalue weighted by Crippen LogP contribution is -1.94. The molecule has 4 nitrogen and oxygen atoms in total. The first kappa shape index (κ1) is 27.8. The lowest BCUT2D eigenvalue weighted by molar-refractivity contribution is 1.18. The molecule has 226 valence electrons. The van der Waals surface area contributed by atoms with Crippen molar-refractivity contribution in [2.24, 2.45) is 9.98 Å². The standard InChI is InChI=1S/C44H30N4/c1-5-13-41-37(9-1)38-10-2-6-14-42(38)47(41)35-25-17-31(18-26-35)29-45-33-21-23-34(24-22-33)46-30-32-19-27-36(28-20-32)48-43-15-7-3-11-39(43)40-12-4-8-16-44(40)48/h1-30H. The van der Waals surface area contributed by atoms with Crippen molar-refractivity contribution >= 4 is 67.4 Å². The van der Waals surface area contributed by atoms with Crippen molar-refractivity contribution in [1.29, 1.82) is 0 Å². The first-order chi connectivity index (χ1) is 23.8. The summed E-state index contributed by atoms with van der Waals surface area (Å²) in [5.74, 6) is 0. The minimum absolute atomic E-state index is 0.885. The molecule has 2 heterocycles. The molecule has 9 rings (SSSR count). The minimum Gasteiger partial charge on any atom is -0.309 e. The van der Waals surface area contributed by atoms with E-state index in [4.69, 9.17) is 9.98 Å². The molecule has 0 radical (unpaired) electrons.